The van der Waals surface area contributed by atoms with Gasteiger partial charge in [-0.15, -0.1) is 11.3 Å². The number of nitrogens with one attached hydrogen (secondary N) is 1. The average molecular weight is 307 g/mol. The molecule has 0 fully saturated rings. The number of aromatic nitrogens is 1. The summed E-state index contributed by atoms with van der Waals surface area (Å²) in [6.45, 7) is 6.52. The number of hydrogen-bond acceptors (Lipinski definition) is 4. The van der Waals surface area contributed by atoms with Crippen LogP contribution >= 0.6 is 11.3 Å². The minimum atomic E-state index is -0.186. The van der Waals surface area contributed by atoms with Gasteiger partial charge in [0.1, 0.15) is 5.82 Å². The molecule has 0 aliphatic rings. The van der Waals surface area contributed by atoms with E-state index in [0.717, 1.165) is 36.5 Å². The van der Waals surface area contributed by atoms with Crippen molar-refractivity contribution in [2.24, 2.45) is 0 Å². The van der Waals surface area contributed by atoms with Crippen LogP contribution in [0.2, 0.25) is 0 Å². The van der Waals surface area contributed by atoms with E-state index >= 15 is 0 Å². The average Bonchev–Trinajstić information content (AvgIpc) is 2.84. The first-order chi connectivity index (χ1) is 10.1. The van der Waals surface area contributed by atoms with E-state index in [-0.39, 0.29) is 5.82 Å². The van der Waals surface area contributed by atoms with Crippen molar-refractivity contribution < 1.29 is 4.39 Å². The first kappa shape index (κ1) is 15.9. The van der Waals surface area contributed by atoms with Gasteiger partial charge in [0.05, 0.1) is 17.7 Å². The normalized spacial score (nSPS) is 10.9. The molecule has 0 saturated heterocycles. The highest BCUT2D eigenvalue weighted by molar-refractivity contribution is 7.09. The Balaban J connectivity index is 2.09. The van der Waals surface area contributed by atoms with Crippen LogP contribution in [-0.4, -0.2) is 18.6 Å². The molecular weight excluding hydrogens is 285 g/mol. The molecule has 0 atom stereocenters. The topological polar surface area (TPSA) is 28.2 Å². The van der Waals surface area contributed by atoms with Gasteiger partial charge >= 0.3 is 0 Å². The summed E-state index contributed by atoms with van der Waals surface area (Å²) in [7, 11) is 1.98. The molecule has 2 rings (SSSR count). The Morgan fingerprint density at radius 2 is 2.14 bits per heavy atom. The van der Waals surface area contributed by atoms with Crippen LogP contribution in [0.1, 0.15) is 29.5 Å². The Bertz CT molecular complexity index is 583. The summed E-state index contributed by atoms with van der Waals surface area (Å²) in [4.78, 5) is 7.53. The summed E-state index contributed by atoms with van der Waals surface area (Å²) in [6, 6.07) is 5.22. The molecule has 2 aromatic rings. The third kappa shape index (κ3) is 4.51. The van der Waals surface area contributed by atoms with E-state index in [2.05, 4.69) is 22.1 Å². The fourth-order valence-electron chi connectivity index (χ4n) is 2.15. The van der Waals surface area contributed by atoms with Gasteiger partial charge in [0.25, 0.3) is 0 Å². The van der Waals surface area contributed by atoms with Crippen LogP contribution < -0.4 is 10.2 Å². The molecule has 0 amide bonds. The van der Waals surface area contributed by atoms with Crippen molar-refractivity contribution in [1.82, 2.24) is 10.3 Å². The number of anilines is 1. The first-order valence-corrected chi connectivity index (χ1v) is 8.08. The van der Waals surface area contributed by atoms with Gasteiger partial charge in [0.2, 0.25) is 0 Å². The molecule has 21 heavy (non-hydrogen) atoms. The summed E-state index contributed by atoms with van der Waals surface area (Å²) in [5, 5.41) is 3.31. The van der Waals surface area contributed by atoms with Gasteiger partial charge < -0.3 is 10.2 Å². The van der Waals surface area contributed by atoms with E-state index in [1.807, 2.05) is 25.5 Å². The highest BCUT2D eigenvalue weighted by Gasteiger charge is 2.09. The predicted octanol–water partition coefficient (Wildman–Crippen LogP) is 3.73. The van der Waals surface area contributed by atoms with Crippen LogP contribution in [0.3, 0.4) is 0 Å². The Labute approximate surface area is 129 Å². The van der Waals surface area contributed by atoms with Gasteiger partial charge in [-0.05, 0) is 43.7 Å². The van der Waals surface area contributed by atoms with Crippen LogP contribution in [0.4, 0.5) is 10.1 Å². The van der Waals surface area contributed by atoms with Gasteiger partial charge in [-0.2, -0.15) is 0 Å². The Morgan fingerprint density at radius 1 is 1.33 bits per heavy atom. The fourth-order valence-corrected chi connectivity index (χ4v) is 2.98. The van der Waals surface area contributed by atoms with Crippen LogP contribution in [0, 0.1) is 12.7 Å². The van der Waals surface area contributed by atoms with Gasteiger partial charge in [0.15, 0.2) is 0 Å². The summed E-state index contributed by atoms with van der Waals surface area (Å²) >= 11 is 1.64. The van der Waals surface area contributed by atoms with Gasteiger partial charge in [-0.25, -0.2) is 9.37 Å². The molecule has 0 unspecified atom stereocenters. The molecule has 0 aliphatic carbocycles. The van der Waals surface area contributed by atoms with Gasteiger partial charge in [0, 0.05) is 24.2 Å². The third-order valence-electron chi connectivity index (χ3n) is 3.36. The summed E-state index contributed by atoms with van der Waals surface area (Å²) in [5.74, 6) is -0.186. The number of thiazole rings is 1. The largest absolute Gasteiger partial charge is 0.369 e. The second-order valence-electron chi connectivity index (χ2n) is 5.21. The number of benzene rings is 1. The standard InChI is InChI=1S/C16H22FN3S/c1-4-5-18-9-13-6-14(17)8-15(7-13)20(3)10-16-12(2)19-11-21-16/h6-8,11,18H,4-5,9-10H2,1-3H3. The van der Waals surface area contributed by atoms with Gasteiger partial charge in [-0.3, -0.25) is 0 Å². The SMILES string of the molecule is CCCNCc1cc(F)cc(N(C)Cc2scnc2C)c1. The molecule has 0 spiro atoms. The molecule has 1 aromatic carbocycles. The van der Waals surface area contributed by atoms with E-state index in [9.17, 15) is 4.39 Å². The number of halogens is 1. The molecule has 0 aliphatic heterocycles. The van der Waals surface area contributed by atoms with E-state index in [1.54, 1.807) is 23.5 Å². The Kier molecular flexibility index (Phi) is 5.70. The maximum atomic E-state index is 13.8. The van der Waals surface area contributed by atoms with Crippen LogP contribution in [0.5, 0.6) is 0 Å². The molecule has 5 heteroatoms. The van der Waals surface area contributed by atoms with Crippen molar-refractivity contribution >= 4 is 17.0 Å². The number of hydrogen-bond donors (Lipinski definition) is 1. The first-order valence-electron chi connectivity index (χ1n) is 7.20. The fraction of sp³-hybridized carbons (Fsp3) is 0.438. The predicted molar refractivity (Wildman–Crippen MR) is 87.4 cm³/mol. The van der Waals surface area contributed by atoms with Crippen molar-refractivity contribution in [3.63, 3.8) is 0 Å². The summed E-state index contributed by atoms with van der Waals surface area (Å²) in [6.07, 6.45) is 1.08. The second kappa shape index (κ2) is 7.52. The molecule has 114 valence electrons. The number of nitrogens with zero attached hydrogens (tertiary/aromatic N) is 2. The lowest BCUT2D eigenvalue weighted by atomic mass is 10.1. The smallest absolute Gasteiger partial charge is 0.125 e. The highest BCUT2D eigenvalue weighted by atomic mass is 32.1. The lowest BCUT2D eigenvalue weighted by Gasteiger charge is -2.20. The monoisotopic (exact) mass is 307 g/mol. The van der Waals surface area contributed by atoms with Crippen molar-refractivity contribution in [2.75, 3.05) is 18.5 Å². The van der Waals surface area contributed by atoms with Crippen molar-refractivity contribution in [1.29, 1.82) is 0 Å². The minimum absolute atomic E-state index is 0.186. The number of rotatable bonds is 7. The zero-order chi connectivity index (χ0) is 15.2. The summed E-state index contributed by atoms with van der Waals surface area (Å²) in [5.41, 5.74) is 4.78. The molecule has 3 nitrogen and oxygen atoms in total. The van der Waals surface area contributed by atoms with Crippen molar-refractivity contribution in [2.45, 2.75) is 33.4 Å². The third-order valence-corrected chi connectivity index (χ3v) is 4.28. The molecule has 1 aromatic heterocycles. The van der Waals surface area contributed by atoms with E-state index in [0.29, 0.717) is 6.54 Å². The summed E-state index contributed by atoms with van der Waals surface area (Å²) < 4.78 is 13.8. The van der Waals surface area contributed by atoms with Crippen LogP contribution in [0.15, 0.2) is 23.7 Å². The molecular formula is C16H22FN3S. The molecule has 0 bridgehead atoms. The maximum Gasteiger partial charge on any atom is 0.125 e. The zero-order valence-electron chi connectivity index (χ0n) is 12.8. The Hall–Kier alpha value is -1.46. The second-order valence-corrected chi connectivity index (χ2v) is 6.15. The Morgan fingerprint density at radius 3 is 2.81 bits per heavy atom. The highest BCUT2D eigenvalue weighted by Crippen LogP contribution is 2.22. The molecule has 0 radical (unpaired) electrons. The number of aryl methyl sites for hydroxylation is 1. The van der Waals surface area contributed by atoms with Crippen LogP contribution in [0.25, 0.3) is 0 Å². The minimum Gasteiger partial charge on any atom is -0.369 e. The van der Waals surface area contributed by atoms with E-state index in [4.69, 9.17) is 0 Å². The molecule has 1 heterocycles. The lowest BCUT2D eigenvalue weighted by Crippen LogP contribution is -2.18. The van der Waals surface area contributed by atoms with E-state index < -0.39 is 0 Å². The maximum absolute atomic E-state index is 13.8. The zero-order valence-corrected chi connectivity index (χ0v) is 13.6. The van der Waals surface area contributed by atoms with Gasteiger partial charge in [-0.1, -0.05) is 6.92 Å². The quantitative estimate of drug-likeness (QED) is 0.790. The van der Waals surface area contributed by atoms with Crippen molar-refractivity contribution in [3.05, 3.63) is 45.7 Å². The molecule has 0 saturated carbocycles. The van der Waals surface area contributed by atoms with Crippen LogP contribution in [-0.2, 0) is 13.1 Å². The van der Waals surface area contributed by atoms with Crippen molar-refractivity contribution in [3.8, 4) is 0 Å². The molecule has 1 N–H and O–H groups in total. The van der Waals surface area contributed by atoms with E-state index in [1.165, 1.54) is 4.88 Å². The lowest BCUT2D eigenvalue weighted by molar-refractivity contribution is 0.618.